The van der Waals surface area contributed by atoms with Crippen molar-refractivity contribution in [2.75, 3.05) is 5.75 Å². The fraction of sp³-hybridized carbons (Fsp3) is 0.400. The van der Waals surface area contributed by atoms with Crippen molar-refractivity contribution < 1.29 is 4.79 Å². The van der Waals surface area contributed by atoms with Gasteiger partial charge in [0, 0.05) is 11.4 Å². The Morgan fingerprint density at radius 2 is 2.10 bits per heavy atom. The van der Waals surface area contributed by atoms with Crippen molar-refractivity contribution in [2.45, 2.75) is 38.3 Å². The van der Waals surface area contributed by atoms with Gasteiger partial charge in [0.1, 0.15) is 10.9 Å². The van der Waals surface area contributed by atoms with Gasteiger partial charge in [0.25, 0.3) is 0 Å². The number of para-hydroxylation sites is 1. The molecular formula is C15H19N3OS. The number of aryl methyl sites for hydroxylation is 1. The molecule has 4 nitrogen and oxygen atoms in total. The van der Waals surface area contributed by atoms with Gasteiger partial charge in [-0.15, -0.1) is 0 Å². The van der Waals surface area contributed by atoms with Crippen LogP contribution in [0.4, 0.5) is 0 Å². The second kappa shape index (κ2) is 6.70. The van der Waals surface area contributed by atoms with Crippen LogP contribution in [0.25, 0.3) is 10.9 Å². The summed E-state index contributed by atoms with van der Waals surface area (Å²) in [6, 6.07) is 8.09. The van der Waals surface area contributed by atoms with Gasteiger partial charge >= 0.3 is 0 Å². The maximum absolute atomic E-state index is 11.8. The Bertz CT molecular complexity index is 615. The van der Waals surface area contributed by atoms with Gasteiger partial charge in [-0.05, 0) is 26.3 Å². The molecule has 106 valence electrons. The largest absolute Gasteiger partial charge is 0.353 e. The van der Waals surface area contributed by atoms with Gasteiger partial charge < -0.3 is 5.32 Å². The maximum Gasteiger partial charge on any atom is 0.230 e. The second-order valence-electron chi connectivity index (χ2n) is 4.76. The molecule has 0 fully saturated rings. The predicted molar refractivity (Wildman–Crippen MR) is 82.9 cm³/mol. The molecule has 0 spiro atoms. The van der Waals surface area contributed by atoms with E-state index in [9.17, 15) is 4.79 Å². The highest BCUT2D eigenvalue weighted by molar-refractivity contribution is 8.00. The van der Waals surface area contributed by atoms with Crippen molar-refractivity contribution in [3.8, 4) is 0 Å². The van der Waals surface area contributed by atoms with E-state index in [4.69, 9.17) is 0 Å². The third-order valence-electron chi connectivity index (χ3n) is 3.04. The summed E-state index contributed by atoms with van der Waals surface area (Å²) in [6.45, 7) is 5.93. The summed E-state index contributed by atoms with van der Waals surface area (Å²) >= 11 is 1.46. The summed E-state index contributed by atoms with van der Waals surface area (Å²) in [5.41, 5.74) is 0.921. The average molecular weight is 289 g/mol. The van der Waals surface area contributed by atoms with E-state index in [1.807, 2.05) is 38.1 Å². The van der Waals surface area contributed by atoms with Crippen molar-refractivity contribution in [3.05, 3.63) is 30.1 Å². The van der Waals surface area contributed by atoms with E-state index in [1.54, 1.807) is 0 Å². The summed E-state index contributed by atoms with van der Waals surface area (Å²) in [4.78, 5) is 20.7. The Morgan fingerprint density at radius 3 is 2.85 bits per heavy atom. The number of nitrogens with one attached hydrogen (secondary N) is 1. The van der Waals surface area contributed by atoms with Crippen LogP contribution in [0.5, 0.6) is 0 Å². The quantitative estimate of drug-likeness (QED) is 0.679. The molecule has 1 amide bonds. The lowest BCUT2D eigenvalue weighted by Gasteiger charge is -2.11. The highest BCUT2D eigenvalue weighted by Crippen LogP contribution is 2.24. The summed E-state index contributed by atoms with van der Waals surface area (Å²) in [5, 5.41) is 4.83. The minimum Gasteiger partial charge on any atom is -0.353 e. The molecule has 0 saturated carbocycles. The van der Waals surface area contributed by atoms with Crippen LogP contribution < -0.4 is 5.32 Å². The van der Waals surface area contributed by atoms with E-state index in [0.717, 1.165) is 28.2 Å². The topological polar surface area (TPSA) is 54.9 Å². The lowest BCUT2D eigenvalue weighted by molar-refractivity contribution is -0.119. The molecule has 1 N–H and O–H groups in total. The number of amides is 1. The number of aromatic nitrogens is 2. The van der Waals surface area contributed by atoms with Gasteiger partial charge in [-0.3, -0.25) is 4.79 Å². The zero-order valence-electron chi connectivity index (χ0n) is 12.0. The van der Waals surface area contributed by atoms with Crippen LogP contribution in [0.15, 0.2) is 29.3 Å². The molecular weight excluding hydrogens is 270 g/mol. The lowest BCUT2D eigenvalue weighted by Crippen LogP contribution is -2.33. The smallest absolute Gasteiger partial charge is 0.230 e. The van der Waals surface area contributed by atoms with Crippen LogP contribution >= 0.6 is 11.8 Å². The lowest BCUT2D eigenvalue weighted by atomic mass is 10.2. The fourth-order valence-electron chi connectivity index (χ4n) is 1.82. The van der Waals surface area contributed by atoms with Gasteiger partial charge in [-0.1, -0.05) is 36.9 Å². The fourth-order valence-corrected chi connectivity index (χ4v) is 2.70. The maximum atomic E-state index is 11.8. The van der Waals surface area contributed by atoms with Crippen LogP contribution in [0.2, 0.25) is 0 Å². The number of carbonyl (C=O) groups is 1. The molecule has 2 aromatic rings. The van der Waals surface area contributed by atoms with E-state index in [-0.39, 0.29) is 11.9 Å². The summed E-state index contributed by atoms with van der Waals surface area (Å²) in [5.74, 6) is 1.16. The summed E-state index contributed by atoms with van der Waals surface area (Å²) in [6.07, 6.45) is 0.936. The molecule has 1 heterocycles. The van der Waals surface area contributed by atoms with Crippen molar-refractivity contribution >= 4 is 28.6 Å². The number of benzene rings is 1. The first-order valence-corrected chi connectivity index (χ1v) is 7.74. The first-order chi connectivity index (χ1) is 9.60. The van der Waals surface area contributed by atoms with Gasteiger partial charge in [0.2, 0.25) is 5.91 Å². The monoisotopic (exact) mass is 289 g/mol. The molecule has 0 aliphatic heterocycles. The molecule has 0 unspecified atom stereocenters. The standard InChI is InChI=1S/C15H19N3OS/c1-4-10(2)16-14(19)9-20-15-12-7-5-6-8-13(12)17-11(3)18-15/h5-8,10H,4,9H2,1-3H3,(H,16,19)/t10-/m1/s1. The minimum absolute atomic E-state index is 0.0460. The van der Waals surface area contributed by atoms with Gasteiger partial charge in [0.05, 0.1) is 11.3 Å². The molecule has 2 rings (SSSR count). The van der Waals surface area contributed by atoms with E-state index < -0.39 is 0 Å². The Hall–Kier alpha value is -1.62. The van der Waals surface area contributed by atoms with Crippen LogP contribution in [0.3, 0.4) is 0 Å². The third kappa shape index (κ3) is 3.70. The number of carbonyl (C=O) groups excluding carboxylic acids is 1. The Balaban J connectivity index is 2.12. The Kier molecular flexibility index (Phi) is 4.95. The first kappa shape index (κ1) is 14.8. The highest BCUT2D eigenvalue weighted by atomic mass is 32.2. The molecule has 1 aromatic carbocycles. The zero-order valence-corrected chi connectivity index (χ0v) is 12.8. The minimum atomic E-state index is 0.0460. The summed E-state index contributed by atoms with van der Waals surface area (Å²) < 4.78 is 0. The number of hydrogen-bond donors (Lipinski definition) is 1. The first-order valence-electron chi connectivity index (χ1n) is 6.75. The van der Waals surface area contributed by atoms with E-state index in [1.165, 1.54) is 11.8 Å². The third-order valence-corrected chi connectivity index (χ3v) is 4.03. The summed E-state index contributed by atoms with van der Waals surface area (Å²) in [7, 11) is 0. The van der Waals surface area contributed by atoms with Crippen molar-refractivity contribution in [1.82, 2.24) is 15.3 Å². The zero-order chi connectivity index (χ0) is 14.5. The molecule has 0 saturated heterocycles. The van der Waals surface area contributed by atoms with Gasteiger partial charge in [-0.25, -0.2) is 9.97 Å². The van der Waals surface area contributed by atoms with Gasteiger partial charge in [0.15, 0.2) is 0 Å². The molecule has 0 aliphatic carbocycles. The van der Waals surface area contributed by atoms with Gasteiger partial charge in [-0.2, -0.15) is 0 Å². The van der Waals surface area contributed by atoms with E-state index in [0.29, 0.717) is 5.75 Å². The molecule has 5 heteroatoms. The van der Waals surface area contributed by atoms with Crippen molar-refractivity contribution in [2.24, 2.45) is 0 Å². The molecule has 0 bridgehead atoms. The van der Waals surface area contributed by atoms with Crippen molar-refractivity contribution in [3.63, 3.8) is 0 Å². The highest BCUT2D eigenvalue weighted by Gasteiger charge is 2.10. The SMILES string of the molecule is CC[C@@H](C)NC(=O)CSc1nc(C)nc2ccccc12. The van der Waals surface area contributed by atoms with Crippen LogP contribution in [0.1, 0.15) is 26.1 Å². The van der Waals surface area contributed by atoms with Crippen molar-refractivity contribution in [1.29, 1.82) is 0 Å². The average Bonchev–Trinajstić information content (AvgIpc) is 2.44. The molecule has 1 aromatic heterocycles. The molecule has 0 aliphatic rings. The van der Waals surface area contributed by atoms with Crippen LogP contribution in [-0.4, -0.2) is 27.7 Å². The van der Waals surface area contributed by atoms with Crippen LogP contribution in [0, 0.1) is 6.92 Å². The number of nitrogens with zero attached hydrogens (tertiary/aromatic N) is 2. The number of rotatable bonds is 5. The normalized spacial score (nSPS) is 12.3. The Labute approximate surface area is 123 Å². The van der Waals surface area contributed by atoms with E-state index >= 15 is 0 Å². The molecule has 1 atom stereocenters. The Morgan fingerprint density at radius 1 is 1.35 bits per heavy atom. The second-order valence-corrected chi connectivity index (χ2v) is 5.72. The predicted octanol–water partition coefficient (Wildman–Crippen LogP) is 2.95. The van der Waals surface area contributed by atoms with E-state index in [2.05, 4.69) is 22.2 Å². The number of fused-ring (bicyclic) bond motifs is 1. The molecule has 20 heavy (non-hydrogen) atoms. The number of thioether (sulfide) groups is 1. The van der Waals surface area contributed by atoms with Crippen LogP contribution in [-0.2, 0) is 4.79 Å². The molecule has 0 radical (unpaired) electrons. The number of hydrogen-bond acceptors (Lipinski definition) is 4.